The molecule has 0 bridgehead atoms. The SMILES string of the molecule is CCNC(Cc1ccc(Cl)cc1F)C1CCCCCCC1. The second-order valence-corrected chi connectivity index (χ2v) is 6.65. The lowest BCUT2D eigenvalue weighted by Gasteiger charge is -2.29. The minimum absolute atomic E-state index is 0.170. The highest BCUT2D eigenvalue weighted by Crippen LogP contribution is 2.27. The van der Waals surface area contributed by atoms with Gasteiger partial charge in [-0.3, -0.25) is 0 Å². The Kier molecular flexibility index (Phi) is 6.98. The van der Waals surface area contributed by atoms with E-state index >= 15 is 0 Å². The van der Waals surface area contributed by atoms with Gasteiger partial charge in [0.15, 0.2) is 0 Å². The summed E-state index contributed by atoms with van der Waals surface area (Å²) >= 11 is 5.85. The predicted molar refractivity (Wildman–Crippen MR) is 88.4 cm³/mol. The lowest BCUT2D eigenvalue weighted by Crippen LogP contribution is -2.38. The summed E-state index contributed by atoms with van der Waals surface area (Å²) in [5.74, 6) is 0.497. The smallest absolute Gasteiger partial charge is 0.127 e. The molecule has 0 radical (unpaired) electrons. The lowest BCUT2D eigenvalue weighted by molar-refractivity contribution is 0.284. The number of benzene rings is 1. The minimum Gasteiger partial charge on any atom is -0.314 e. The van der Waals surface area contributed by atoms with E-state index in [0.29, 0.717) is 17.0 Å². The molecule has 1 aromatic rings. The van der Waals surface area contributed by atoms with Crippen LogP contribution in [-0.2, 0) is 6.42 Å². The first kappa shape index (κ1) is 16.8. The van der Waals surface area contributed by atoms with Crippen molar-refractivity contribution in [3.8, 4) is 0 Å². The molecule has 21 heavy (non-hydrogen) atoms. The van der Waals surface area contributed by atoms with E-state index in [0.717, 1.165) is 18.5 Å². The summed E-state index contributed by atoms with van der Waals surface area (Å²) in [6.45, 7) is 3.07. The van der Waals surface area contributed by atoms with Crippen LogP contribution < -0.4 is 5.32 Å². The molecule has 0 heterocycles. The van der Waals surface area contributed by atoms with Crippen LogP contribution in [0.5, 0.6) is 0 Å². The van der Waals surface area contributed by atoms with E-state index in [4.69, 9.17) is 11.6 Å². The number of nitrogens with one attached hydrogen (secondary N) is 1. The normalized spacial score (nSPS) is 19.0. The van der Waals surface area contributed by atoms with E-state index in [1.54, 1.807) is 6.07 Å². The van der Waals surface area contributed by atoms with Crippen molar-refractivity contribution in [2.24, 2.45) is 5.92 Å². The number of hydrogen-bond acceptors (Lipinski definition) is 1. The molecule has 0 amide bonds. The molecule has 1 aliphatic rings. The standard InChI is InChI=1S/C18H27ClFN/c1-2-21-18(14-8-6-4-3-5-7-9-14)12-15-10-11-16(19)13-17(15)20/h10-11,13-14,18,21H,2-9,12H2,1H3. The lowest BCUT2D eigenvalue weighted by atomic mass is 9.83. The van der Waals surface area contributed by atoms with Gasteiger partial charge in [-0.05, 0) is 49.4 Å². The summed E-state index contributed by atoms with van der Waals surface area (Å²) < 4.78 is 14.1. The first-order chi connectivity index (χ1) is 10.2. The molecule has 1 fully saturated rings. The molecule has 1 N–H and O–H groups in total. The Balaban J connectivity index is 2.06. The van der Waals surface area contributed by atoms with E-state index in [1.807, 2.05) is 6.07 Å². The third kappa shape index (κ3) is 5.27. The van der Waals surface area contributed by atoms with E-state index in [1.165, 1.54) is 51.0 Å². The Bertz CT molecular complexity index is 427. The Morgan fingerprint density at radius 2 is 1.86 bits per heavy atom. The summed E-state index contributed by atoms with van der Waals surface area (Å²) in [6.07, 6.45) is 10.0. The zero-order valence-corrected chi connectivity index (χ0v) is 13.8. The highest BCUT2D eigenvalue weighted by Gasteiger charge is 2.22. The molecule has 1 nitrogen and oxygen atoms in total. The molecule has 0 saturated heterocycles. The van der Waals surface area contributed by atoms with Crippen LogP contribution in [0.2, 0.25) is 5.02 Å². The second-order valence-electron chi connectivity index (χ2n) is 6.21. The molecule has 1 atom stereocenters. The molecule has 1 saturated carbocycles. The Labute approximate surface area is 133 Å². The molecule has 3 heteroatoms. The van der Waals surface area contributed by atoms with Gasteiger partial charge in [-0.2, -0.15) is 0 Å². The van der Waals surface area contributed by atoms with Crippen LogP contribution in [0.1, 0.15) is 57.4 Å². The zero-order valence-electron chi connectivity index (χ0n) is 13.0. The van der Waals surface area contributed by atoms with E-state index < -0.39 is 0 Å². The quantitative estimate of drug-likeness (QED) is 0.772. The van der Waals surface area contributed by atoms with Crippen molar-refractivity contribution in [2.45, 2.75) is 64.3 Å². The minimum atomic E-state index is -0.170. The maximum atomic E-state index is 14.1. The van der Waals surface area contributed by atoms with Crippen LogP contribution in [0, 0.1) is 11.7 Å². The van der Waals surface area contributed by atoms with Crippen molar-refractivity contribution >= 4 is 11.6 Å². The molecule has 1 aliphatic carbocycles. The van der Waals surface area contributed by atoms with Gasteiger partial charge in [0.2, 0.25) is 0 Å². The molecule has 118 valence electrons. The number of hydrogen-bond donors (Lipinski definition) is 1. The molecule has 0 aliphatic heterocycles. The number of rotatable bonds is 5. The highest BCUT2D eigenvalue weighted by molar-refractivity contribution is 6.30. The molecule has 0 aromatic heterocycles. The Hall–Kier alpha value is -0.600. The topological polar surface area (TPSA) is 12.0 Å². The fraction of sp³-hybridized carbons (Fsp3) is 0.667. The molecule has 1 aromatic carbocycles. The van der Waals surface area contributed by atoms with Crippen molar-refractivity contribution in [1.29, 1.82) is 0 Å². The Morgan fingerprint density at radius 3 is 2.48 bits per heavy atom. The third-order valence-corrected chi connectivity index (χ3v) is 4.88. The van der Waals surface area contributed by atoms with Gasteiger partial charge in [-0.25, -0.2) is 4.39 Å². The number of halogens is 2. The van der Waals surface area contributed by atoms with Crippen molar-refractivity contribution in [3.63, 3.8) is 0 Å². The summed E-state index contributed by atoms with van der Waals surface area (Å²) in [6, 6.07) is 5.44. The van der Waals surface area contributed by atoms with Crippen LogP contribution in [0.3, 0.4) is 0 Å². The van der Waals surface area contributed by atoms with E-state index in [9.17, 15) is 4.39 Å². The second kappa shape index (κ2) is 8.75. The predicted octanol–water partition coefficient (Wildman–Crippen LogP) is 5.36. The van der Waals surface area contributed by atoms with Gasteiger partial charge in [0.05, 0.1) is 0 Å². The first-order valence-electron chi connectivity index (χ1n) is 8.38. The zero-order chi connectivity index (χ0) is 15.1. The average molecular weight is 312 g/mol. The van der Waals surface area contributed by atoms with Crippen LogP contribution in [0.15, 0.2) is 18.2 Å². The number of likely N-dealkylation sites (N-methyl/N-ethyl adjacent to an activating group) is 1. The van der Waals surface area contributed by atoms with Crippen LogP contribution in [-0.4, -0.2) is 12.6 Å². The van der Waals surface area contributed by atoms with Crippen molar-refractivity contribution < 1.29 is 4.39 Å². The molecular formula is C18H27ClFN. The molecular weight excluding hydrogens is 285 g/mol. The van der Waals surface area contributed by atoms with E-state index in [2.05, 4.69) is 12.2 Å². The third-order valence-electron chi connectivity index (χ3n) is 4.64. The van der Waals surface area contributed by atoms with Gasteiger partial charge in [-0.1, -0.05) is 56.7 Å². The van der Waals surface area contributed by atoms with Gasteiger partial charge in [-0.15, -0.1) is 0 Å². The largest absolute Gasteiger partial charge is 0.314 e. The first-order valence-corrected chi connectivity index (χ1v) is 8.75. The molecule has 0 spiro atoms. The summed E-state index contributed by atoms with van der Waals surface area (Å²) in [5.41, 5.74) is 0.785. The fourth-order valence-electron chi connectivity index (χ4n) is 3.48. The van der Waals surface area contributed by atoms with Crippen molar-refractivity contribution in [1.82, 2.24) is 5.32 Å². The van der Waals surface area contributed by atoms with Gasteiger partial charge < -0.3 is 5.32 Å². The van der Waals surface area contributed by atoms with E-state index in [-0.39, 0.29) is 5.82 Å². The van der Waals surface area contributed by atoms with Gasteiger partial charge in [0.1, 0.15) is 5.82 Å². The van der Waals surface area contributed by atoms with Crippen LogP contribution >= 0.6 is 11.6 Å². The fourth-order valence-corrected chi connectivity index (χ4v) is 3.64. The van der Waals surface area contributed by atoms with Gasteiger partial charge >= 0.3 is 0 Å². The summed E-state index contributed by atoms with van der Waals surface area (Å²) in [4.78, 5) is 0. The summed E-state index contributed by atoms with van der Waals surface area (Å²) in [7, 11) is 0. The van der Waals surface area contributed by atoms with Crippen molar-refractivity contribution in [2.75, 3.05) is 6.54 Å². The highest BCUT2D eigenvalue weighted by atomic mass is 35.5. The molecule has 1 unspecified atom stereocenters. The monoisotopic (exact) mass is 311 g/mol. The van der Waals surface area contributed by atoms with Gasteiger partial charge in [0.25, 0.3) is 0 Å². The van der Waals surface area contributed by atoms with Crippen LogP contribution in [0.4, 0.5) is 4.39 Å². The average Bonchev–Trinajstić information content (AvgIpc) is 2.41. The van der Waals surface area contributed by atoms with Gasteiger partial charge in [0, 0.05) is 11.1 Å². The molecule has 2 rings (SSSR count). The van der Waals surface area contributed by atoms with Crippen LogP contribution in [0.25, 0.3) is 0 Å². The summed E-state index contributed by atoms with van der Waals surface area (Å²) in [5, 5.41) is 4.07. The maximum absolute atomic E-state index is 14.1. The Morgan fingerprint density at radius 1 is 1.19 bits per heavy atom. The maximum Gasteiger partial charge on any atom is 0.127 e. The van der Waals surface area contributed by atoms with Crippen molar-refractivity contribution in [3.05, 3.63) is 34.6 Å².